The minimum Gasteiger partial charge on any atom is -0.324 e. The zero-order chi connectivity index (χ0) is 23.0. The summed E-state index contributed by atoms with van der Waals surface area (Å²) in [5, 5.41) is 6.57. The molecule has 7 nitrogen and oxygen atoms in total. The maximum atomic E-state index is 13.1. The number of hydrogen-bond donors (Lipinski definition) is 2. The van der Waals surface area contributed by atoms with Crippen molar-refractivity contribution in [2.75, 3.05) is 11.9 Å². The number of carbonyl (C=O) groups excluding carboxylic acids is 3. The van der Waals surface area contributed by atoms with Crippen molar-refractivity contribution < 1.29 is 14.4 Å². The molecule has 2 heterocycles. The molecule has 33 heavy (non-hydrogen) atoms. The molecule has 1 aliphatic heterocycles. The highest BCUT2D eigenvalue weighted by atomic mass is 32.1. The Kier molecular flexibility index (Phi) is 5.62. The van der Waals surface area contributed by atoms with E-state index in [9.17, 15) is 14.4 Å². The van der Waals surface area contributed by atoms with Crippen molar-refractivity contribution in [3.8, 4) is 10.6 Å². The number of para-hydroxylation sites is 2. The average molecular weight is 463 g/mol. The number of aromatic nitrogens is 1. The monoisotopic (exact) mass is 462 g/mol. The summed E-state index contributed by atoms with van der Waals surface area (Å²) >= 11 is 1.55. The van der Waals surface area contributed by atoms with E-state index in [1.165, 1.54) is 0 Å². The smallest absolute Gasteiger partial charge is 0.324 e. The van der Waals surface area contributed by atoms with E-state index in [1.807, 2.05) is 42.5 Å². The average Bonchev–Trinajstić information content (AvgIpc) is 3.35. The van der Waals surface area contributed by atoms with Crippen LogP contribution in [-0.4, -0.2) is 39.8 Å². The van der Waals surface area contributed by atoms with Gasteiger partial charge in [0.2, 0.25) is 5.91 Å². The van der Waals surface area contributed by atoms with Crippen LogP contribution in [-0.2, 0) is 9.59 Å². The van der Waals surface area contributed by atoms with Gasteiger partial charge in [-0.1, -0.05) is 37.6 Å². The third-order valence-corrected chi connectivity index (χ3v) is 7.88. The number of nitrogens with zero attached hydrogens (tertiary/aromatic N) is 2. The topological polar surface area (TPSA) is 91.4 Å². The van der Waals surface area contributed by atoms with E-state index in [-0.39, 0.29) is 12.5 Å². The Morgan fingerprint density at radius 3 is 2.64 bits per heavy atom. The van der Waals surface area contributed by atoms with Crippen molar-refractivity contribution in [2.24, 2.45) is 5.92 Å². The number of hydrogen-bond acceptors (Lipinski definition) is 5. The number of imide groups is 1. The molecule has 4 amide bonds. The number of thiazole rings is 1. The largest absolute Gasteiger partial charge is 0.325 e. The molecule has 0 bridgehead atoms. The first-order valence-electron chi connectivity index (χ1n) is 11.4. The number of nitrogens with one attached hydrogen (secondary N) is 2. The van der Waals surface area contributed by atoms with Gasteiger partial charge in [0.25, 0.3) is 5.91 Å². The molecule has 1 aromatic heterocycles. The Morgan fingerprint density at radius 1 is 1.15 bits per heavy atom. The molecule has 2 aliphatic rings. The molecule has 3 aromatic rings. The standard InChI is InChI=1S/C25H26N4O3S/c1-2-16-11-13-25(14-12-16)23(31)29(24(32)28-25)15-21(30)26-18-8-4-3-7-17(18)22-27-19-9-5-6-10-20(19)33-22/h3-10,16H,2,11-15H2,1H3,(H,26,30)(H,28,32). The summed E-state index contributed by atoms with van der Waals surface area (Å²) in [5.41, 5.74) is 1.47. The lowest BCUT2D eigenvalue weighted by Crippen LogP contribution is -2.49. The molecule has 1 spiro atoms. The molecule has 0 unspecified atom stereocenters. The summed E-state index contributed by atoms with van der Waals surface area (Å²) in [6, 6.07) is 14.8. The van der Waals surface area contributed by atoms with E-state index in [4.69, 9.17) is 0 Å². The molecule has 2 aromatic carbocycles. The van der Waals surface area contributed by atoms with Crippen LogP contribution in [0.4, 0.5) is 10.5 Å². The van der Waals surface area contributed by atoms with Crippen LogP contribution in [0.2, 0.25) is 0 Å². The van der Waals surface area contributed by atoms with E-state index in [0.717, 1.165) is 45.0 Å². The predicted molar refractivity (Wildman–Crippen MR) is 129 cm³/mol. The number of carbonyl (C=O) groups is 3. The van der Waals surface area contributed by atoms with Crippen LogP contribution in [0.3, 0.4) is 0 Å². The van der Waals surface area contributed by atoms with E-state index >= 15 is 0 Å². The van der Waals surface area contributed by atoms with Gasteiger partial charge in [0.15, 0.2) is 0 Å². The fourth-order valence-electron chi connectivity index (χ4n) is 4.84. The molecule has 8 heteroatoms. The second kappa shape index (κ2) is 8.59. The van der Waals surface area contributed by atoms with Gasteiger partial charge < -0.3 is 10.6 Å². The number of urea groups is 1. The van der Waals surface area contributed by atoms with Gasteiger partial charge in [-0.25, -0.2) is 9.78 Å². The highest BCUT2D eigenvalue weighted by Gasteiger charge is 2.52. The summed E-state index contributed by atoms with van der Waals surface area (Å²) in [6.45, 7) is 1.85. The summed E-state index contributed by atoms with van der Waals surface area (Å²) in [6.07, 6.45) is 4.18. The van der Waals surface area contributed by atoms with Crippen LogP contribution < -0.4 is 10.6 Å². The Balaban J connectivity index is 1.31. The highest BCUT2D eigenvalue weighted by molar-refractivity contribution is 7.21. The molecular weight excluding hydrogens is 436 g/mol. The van der Waals surface area contributed by atoms with Gasteiger partial charge in [-0.3, -0.25) is 14.5 Å². The van der Waals surface area contributed by atoms with Crippen LogP contribution in [0.25, 0.3) is 20.8 Å². The molecule has 2 fully saturated rings. The minimum atomic E-state index is -0.845. The van der Waals surface area contributed by atoms with Gasteiger partial charge in [0, 0.05) is 5.56 Å². The van der Waals surface area contributed by atoms with Crippen molar-refractivity contribution in [3.05, 3.63) is 48.5 Å². The summed E-state index contributed by atoms with van der Waals surface area (Å²) in [5.74, 6) is -0.0975. The van der Waals surface area contributed by atoms with Gasteiger partial charge in [0.1, 0.15) is 17.1 Å². The second-order valence-corrected chi connectivity index (χ2v) is 9.87. The van der Waals surface area contributed by atoms with Gasteiger partial charge >= 0.3 is 6.03 Å². The second-order valence-electron chi connectivity index (χ2n) is 8.84. The van der Waals surface area contributed by atoms with E-state index in [1.54, 1.807) is 17.4 Å². The molecule has 0 radical (unpaired) electrons. The van der Waals surface area contributed by atoms with Crippen molar-refractivity contribution in [1.82, 2.24) is 15.2 Å². The Bertz CT molecular complexity index is 1200. The van der Waals surface area contributed by atoms with Crippen LogP contribution in [0, 0.1) is 5.92 Å². The van der Waals surface area contributed by atoms with Gasteiger partial charge in [-0.15, -0.1) is 11.3 Å². The van der Waals surface area contributed by atoms with E-state index in [0.29, 0.717) is 24.4 Å². The number of benzene rings is 2. The normalized spacial score (nSPS) is 22.7. The van der Waals surface area contributed by atoms with Crippen LogP contribution >= 0.6 is 11.3 Å². The third-order valence-electron chi connectivity index (χ3n) is 6.81. The fraction of sp³-hybridized carbons (Fsp3) is 0.360. The van der Waals surface area contributed by atoms with Crippen molar-refractivity contribution in [2.45, 2.75) is 44.6 Å². The number of rotatable bonds is 5. The molecule has 1 aliphatic carbocycles. The number of amides is 4. The molecule has 2 N–H and O–H groups in total. The molecule has 170 valence electrons. The first-order valence-corrected chi connectivity index (χ1v) is 12.2. The zero-order valence-corrected chi connectivity index (χ0v) is 19.3. The third kappa shape index (κ3) is 3.99. The van der Waals surface area contributed by atoms with Crippen molar-refractivity contribution in [3.63, 3.8) is 0 Å². The highest BCUT2D eigenvalue weighted by Crippen LogP contribution is 2.38. The van der Waals surface area contributed by atoms with Gasteiger partial charge in [0.05, 0.1) is 15.9 Å². The fourth-order valence-corrected chi connectivity index (χ4v) is 5.84. The maximum absolute atomic E-state index is 13.1. The summed E-state index contributed by atoms with van der Waals surface area (Å²) in [4.78, 5) is 44.3. The van der Waals surface area contributed by atoms with Gasteiger partial charge in [-0.2, -0.15) is 0 Å². The van der Waals surface area contributed by atoms with Crippen LogP contribution in [0.5, 0.6) is 0 Å². The van der Waals surface area contributed by atoms with Crippen LogP contribution in [0.15, 0.2) is 48.5 Å². The quantitative estimate of drug-likeness (QED) is 0.533. The lowest BCUT2D eigenvalue weighted by atomic mass is 9.75. The number of anilines is 1. The Morgan fingerprint density at radius 2 is 1.88 bits per heavy atom. The Labute approximate surface area is 196 Å². The maximum Gasteiger partial charge on any atom is 0.325 e. The molecule has 5 rings (SSSR count). The van der Waals surface area contributed by atoms with Crippen molar-refractivity contribution in [1.29, 1.82) is 0 Å². The van der Waals surface area contributed by atoms with E-state index < -0.39 is 17.5 Å². The Hall–Kier alpha value is -3.26. The lowest BCUT2D eigenvalue weighted by molar-refractivity contribution is -0.135. The number of fused-ring (bicyclic) bond motifs is 1. The predicted octanol–water partition coefficient (Wildman–Crippen LogP) is 4.79. The molecule has 1 saturated heterocycles. The summed E-state index contributed by atoms with van der Waals surface area (Å²) < 4.78 is 1.07. The zero-order valence-electron chi connectivity index (χ0n) is 18.5. The van der Waals surface area contributed by atoms with Crippen molar-refractivity contribution >= 4 is 45.1 Å². The molecule has 0 atom stereocenters. The molecule has 1 saturated carbocycles. The van der Waals surface area contributed by atoms with Gasteiger partial charge in [-0.05, 0) is 55.9 Å². The first kappa shape index (κ1) is 21.6. The van der Waals surface area contributed by atoms with E-state index in [2.05, 4.69) is 22.5 Å². The minimum absolute atomic E-state index is 0.281. The lowest BCUT2D eigenvalue weighted by Gasteiger charge is -2.34. The van der Waals surface area contributed by atoms with Crippen LogP contribution in [0.1, 0.15) is 39.0 Å². The SMILES string of the molecule is CCC1CCC2(CC1)NC(=O)N(CC(=O)Nc1ccccc1-c1nc3ccccc3s1)C2=O. The summed E-state index contributed by atoms with van der Waals surface area (Å²) in [7, 11) is 0. The first-order chi connectivity index (χ1) is 16.0. The molecular formula is C25H26N4O3S.